The summed E-state index contributed by atoms with van der Waals surface area (Å²) in [5.74, 6) is -3.60. The van der Waals surface area contributed by atoms with Crippen molar-refractivity contribution in [2.24, 2.45) is 0 Å². The Labute approximate surface area is 265 Å². The highest BCUT2D eigenvalue weighted by atomic mass is 32.3. The van der Waals surface area contributed by atoms with Crippen molar-refractivity contribution >= 4 is 47.7 Å². The van der Waals surface area contributed by atoms with Gasteiger partial charge in [0, 0.05) is 5.56 Å². The van der Waals surface area contributed by atoms with Gasteiger partial charge in [0.15, 0.2) is 30.6 Å². The summed E-state index contributed by atoms with van der Waals surface area (Å²) in [7, 11) is -19.7. The Bertz CT molecular complexity index is 1900. The number of nitrogens with zero attached hydrogens (tertiary/aromatic N) is 2. The molecule has 0 aliphatic heterocycles. The fourth-order valence-electron chi connectivity index (χ4n) is 3.60. The Kier molecular flexibility index (Phi) is 10.5. The van der Waals surface area contributed by atoms with Crippen LogP contribution in [0.4, 0.5) is 54.0 Å². The fourth-order valence-corrected chi connectivity index (χ4v) is 7.64. The standard InChI is InChI=1S/C24H21F11N2O8S3/c1-6-14-8-11-16(12-9-14)44-22(31,20(25,26)27)46(38,39)19-17(13-10-15(7-2)18(19)37(3,4)5)45-23(32,21(28,29)30)47(40,41)36-48(42,43)24(33,34)35/h6-13H,1-2H2,3-5H3. The van der Waals surface area contributed by atoms with E-state index in [1.165, 1.54) is 0 Å². The van der Waals surface area contributed by atoms with Crippen LogP contribution in [-0.2, 0) is 29.9 Å². The Balaban J connectivity index is 3.14. The maximum Gasteiger partial charge on any atom is 0.480 e. The van der Waals surface area contributed by atoms with E-state index in [-0.39, 0.29) is 11.6 Å². The van der Waals surface area contributed by atoms with Gasteiger partial charge < -0.3 is 13.6 Å². The van der Waals surface area contributed by atoms with Gasteiger partial charge in [0.05, 0.1) is 21.1 Å². The number of quaternary nitrogens is 1. The van der Waals surface area contributed by atoms with E-state index in [2.05, 4.69) is 22.6 Å². The van der Waals surface area contributed by atoms with Crippen LogP contribution in [0.1, 0.15) is 11.1 Å². The predicted molar refractivity (Wildman–Crippen MR) is 148 cm³/mol. The molecule has 2 rings (SSSR count). The normalized spacial score (nSPS) is 16.4. The number of ether oxygens (including phenoxy) is 2. The number of hydrogen-bond donors (Lipinski definition) is 0. The number of sulfonamides is 2. The summed E-state index contributed by atoms with van der Waals surface area (Å²) < 4.78 is 237. The van der Waals surface area contributed by atoms with E-state index < -0.39 is 90.2 Å². The van der Waals surface area contributed by atoms with Gasteiger partial charge in [-0.1, -0.05) is 37.4 Å². The van der Waals surface area contributed by atoms with E-state index >= 15 is 8.78 Å². The second-order valence-corrected chi connectivity index (χ2v) is 15.5. The molecule has 0 fully saturated rings. The lowest BCUT2D eigenvalue weighted by Crippen LogP contribution is -2.55. The summed E-state index contributed by atoms with van der Waals surface area (Å²) >= 11 is 0. The minimum Gasteiger partial charge on any atom is -0.439 e. The van der Waals surface area contributed by atoms with E-state index in [4.69, 9.17) is 0 Å². The molecule has 0 bridgehead atoms. The molecule has 2 aromatic rings. The molecule has 0 N–H and O–H groups in total. The maximum absolute atomic E-state index is 16.2. The molecule has 2 unspecified atom stereocenters. The summed E-state index contributed by atoms with van der Waals surface area (Å²) in [6.45, 7) is 6.57. The van der Waals surface area contributed by atoms with Crippen molar-refractivity contribution in [3.8, 4) is 11.5 Å². The van der Waals surface area contributed by atoms with E-state index in [9.17, 15) is 64.8 Å². The van der Waals surface area contributed by atoms with Crippen LogP contribution >= 0.6 is 0 Å². The van der Waals surface area contributed by atoms with Crippen molar-refractivity contribution in [3.63, 3.8) is 0 Å². The minimum atomic E-state index is -7.84. The van der Waals surface area contributed by atoms with Gasteiger partial charge in [-0.2, -0.15) is 48.3 Å². The molecule has 0 spiro atoms. The topological polar surface area (TPSA) is 135 Å². The van der Waals surface area contributed by atoms with E-state index in [1.807, 2.05) is 0 Å². The van der Waals surface area contributed by atoms with Crippen LogP contribution in [0.3, 0.4) is 0 Å². The lowest BCUT2D eigenvalue weighted by Gasteiger charge is -2.36. The van der Waals surface area contributed by atoms with Crippen LogP contribution in [0, 0.1) is 0 Å². The fraction of sp³-hybridized carbons (Fsp3) is 0.333. The van der Waals surface area contributed by atoms with Crippen molar-refractivity contribution < 1.29 is 83.0 Å². The molecule has 0 aromatic heterocycles. The molecule has 0 aliphatic rings. The van der Waals surface area contributed by atoms with Gasteiger partial charge in [-0.05, 0) is 29.8 Å². The molecule has 0 saturated heterocycles. The van der Waals surface area contributed by atoms with Crippen molar-refractivity contribution in [1.29, 1.82) is 0 Å². The average Bonchev–Trinajstić information content (AvgIpc) is 2.89. The molecule has 10 nitrogen and oxygen atoms in total. The number of benzene rings is 2. The predicted octanol–water partition coefficient (Wildman–Crippen LogP) is 6.33. The van der Waals surface area contributed by atoms with Crippen LogP contribution < -0.4 is 14.0 Å². The first-order chi connectivity index (χ1) is 21.2. The smallest absolute Gasteiger partial charge is 0.439 e. The largest absolute Gasteiger partial charge is 0.480 e. The third-order valence-electron chi connectivity index (χ3n) is 5.74. The van der Waals surface area contributed by atoms with Crippen LogP contribution in [0.2, 0.25) is 0 Å². The van der Waals surface area contributed by atoms with Gasteiger partial charge >= 0.3 is 28.2 Å². The quantitative estimate of drug-likeness (QED) is 0.181. The van der Waals surface area contributed by atoms with Crippen LogP contribution in [0.5, 0.6) is 11.5 Å². The van der Waals surface area contributed by atoms with E-state index in [0.717, 1.165) is 43.5 Å². The Morgan fingerprint density at radius 2 is 1.15 bits per heavy atom. The molecule has 0 saturated carbocycles. The number of rotatable bonds is 12. The molecule has 270 valence electrons. The van der Waals surface area contributed by atoms with Gasteiger partial charge in [-0.25, -0.2) is 25.3 Å². The zero-order valence-electron chi connectivity index (χ0n) is 24.1. The highest BCUT2D eigenvalue weighted by molar-refractivity contribution is 8.13. The zero-order valence-corrected chi connectivity index (χ0v) is 26.5. The molecule has 2 aromatic carbocycles. The molecule has 2 atom stereocenters. The highest BCUT2D eigenvalue weighted by Crippen LogP contribution is 2.52. The van der Waals surface area contributed by atoms with Gasteiger partial charge in [-0.3, -0.25) is 4.48 Å². The number of alkyl halides is 11. The molecule has 0 heterocycles. The highest BCUT2D eigenvalue weighted by Gasteiger charge is 2.72. The molecular weight excluding hydrogens is 749 g/mol. The summed E-state index contributed by atoms with van der Waals surface area (Å²) in [6, 6.07) is 3.47. The zero-order chi connectivity index (χ0) is 37.7. The van der Waals surface area contributed by atoms with Gasteiger partial charge in [0.2, 0.25) is 0 Å². The molecule has 0 amide bonds. The monoisotopic (exact) mass is 770 g/mol. The molecule has 0 aliphatic carbocycles. The third kappa shape index (κ3) is 7.25. The first-order valence-corrected chi connectivity index (χ1v) is 16.4. The first-order valence-electron chi connectivity index (χ1n) is 12.0. The number of sulfone groups is 1. The number of halogens is 11. The lowest BCUT2D eigenvalue weighted by molar-refractivity contribution is -0.261. The Morgan fingerprint density at radius 3 is 1.52 bits per heavy atom. The summed E-state index contributed by atoms with van der Waals surface area (Å²) in [5, 5.41) is -12.8. The molecular formula is C24H21F11N2O8S3. The third-order valence-corrected chi connectivity index (χ3v) is 10.8. The first kappa shape index (κ1) is 40.7. The summed E-state index contributed by atoms with van der Waals surface area (Å²) in [4.78, 5) is -2.38. The lowest BCUT2D eigenvalue weighted by atomic mass is 10.1. The average molecular weight is 771 g/mol. The van der Waals surface area contributed by atoms with Gasteiger partial charge in [0.25, 0.3) is 9.84 Å². The minimum absolute atomic E-state index is 0.132. The van der Waals surface area contributed by atoms with Crippen LogP contribution in [0.25, 0.3) is 16.3 Å². The molecule has 48 heavy (non-hydrogen) atoms. The van der Waals surface area contributed by atoms with Crippen molar-refractivity contribution in [3.05, 3.63) is 64.8 Å². The second kappa shape index (κ2) is 12.4. The number of hydrogen-bond acceptors (Lipinski definition) is 8. The molecule has 0 radical (unpaired) electrons. The van der Waals surface area contributed by atoms with Gasteiger partial charge in [-0.15, -0.1) is 0 Å². The van der Waals surface area contributed by atoms with Crippen molar-refractivity contribution in [1.82, 2.24) is 4.48 Å². The maximum atomic E-state index is 16.2. The SMILES string of the molecule is C=Cc1ccc(OC(F)(C(F)(F)F)S(=O)(=O)c2c(OC(F)(C(F)(F)F)S(=O)(=O)[N-]S(=O)(=O)C(F)(F)F)ccc(C=C)c2[N+](C)(C)C)cc1. The van der Waals surface area contributed by atoms with E-state index in [0.29, 0.717) is 24.3 Å². The van der Waals surface area contributed by atoms with Crippen LogP contribution in [-0.4, -0.2) is 74.6 Å². The van der Waals surface area contributed by atoms with E-state index in [1.54, 1.807) is 0 Å². The van der Waals surface area contributed by atoms with Crippen molar-refractivity contribution in [2.75, 3.05) is 21.1 Å². The summed E-state index contributed by atoms with van der Waals surface area (Å²) in [5.41, 5.74) is -8.38. The van der Waals surface area contributed by atoms with Gasteiger partial charge in [0.1, 0.15) is 11.5 Å². The Morgan fingerprint density at radius 1 is 0.667 bits per heavy atom. The summed E-state index contributed by atoms with van der Waals surface area (Å²) in [6.07, 6.45) is -12.0. The van der Waals surface area contributed by atoms with Crippen molar-refractivity contribution in [2.45, 2.75) is 33.1 Å². The molecule has 24 heteroatoms. The van der Waals surface area contributed by atoms with Crippen LogP contribution in [0.15, 0.2) is 54.5 Å². The Hall–Kier alpha value is -3.48. The second-order valence-electron chi connectivity index (χ2n) is 10.1.